The van der Waals surface area contributed by atoms with Crippen LogP contribution in [0.15, 0.2) is 40.2 Å². The molecule has 2 aliphatic heterocycles. The minimum absolute atomic E-state index is 0.138. The largest absolute Gasteiger partial charge is 0.465 e. The Morgan fingerprint density at radius 3 is 1.03 bits per heavy atom. The Morgan fingerprint density at radius 1 is 0.562 bits per heavy atom. The van der Waals surface area contributed by atoms with E-state index in [1.54, 1.807) is 0 Å². The number of methoxy groups -OCH3 is 4. The molecule has 0 radical (unpaired) electrons. The summed E-state index contributed by atoms with van der Waals surface area (Å²) < 4.78 is 19.9. The zero-order valence-electron chi connectivity index (χ0n) is 17.1. The molecule has 2 heterocycles. The maximum absolute atomic E-state index is 11.8. The molecule has 0 aromatic heterocycles. The summed E-state index contributed by atoms with van der Waals surface area (Å²) in [7, 11) is 4.89. The first-order valence-corrected chi connectivity index (χ1v) is 11.6. The summed E-state index contributed by atoms with van der Waals surface area (Å²) in [5, 5.41) is 0. The third-order valence-electron chi connectivity index (χ3n) is 3.29. The van der Waals surface area contributed by atoms with Gasteiger partial charge in [-0.2, -0.15) is 0 Å². The lowest BCUT2D eigenvalue weighted by Crippen LogP contribution is -2.08. The predicted octanol–water partition coefficient (Wildman–Crippen LogP) is 2.75. The number of ether oxygens (including phenoxy) is 4. The van der Waals surface area contributed by atoms with Crippen molar-refractivity contribution in [1.29, 1.82) is 0 Å². The summed E-state index contributed by atoms with van der Waals surface area (Å²) in [6.45, 7) is 0. The van der Waals surface area contributed by atoms with Gasteiger partial charge in [-0.3, -0.25) is 0 Å². The van der Waals surface area contributed by atoms with E-state index in [-0.39, 0.29) is 19.6 Å². The quantitative estimate of drug-likeness (QED) is 0.315. The Kier molecular flexibility index (Phi) is 9.94. The van der Waals surface area contributed by atoms with Gasteiger partial charge in [0, 0.05) is 12.2 Å². The van der Waals surface area contributed by atoms with Crippen LogP contribution >= 0.6 is 47.0 Å². The topological polar surface area (TPSA) is 105 Å². The number of thioether (sulfide) groups is 4. The molecule has 0 saturated carbocycles. The number of hydrogen-bond donors (Lipinski definition) is 0. The van der Waals surface area contributed by atoms with E-state index in [1.807, 2.05) is 0 Å². The Balaban J connectivity index is 2.07. The molecule has 8 nitrogen and oxygen atoms in total. The Morgan fingerprint density at radius 2 is 0.812 bits per heavy atom. The number of allylic oxidation sites excluding steroid dienone is 2. The van der Waals surface area contributed by atoms with E-state index >= 15 is 0 Å². The van der Waals surface area contributed by atoms with Crippen molar-refractivity contribution in [1.82, 2.24) is 0 Å². The van der Waals surface area contributed by atoms with Crippen LogP contribution in [0.1, 0.15) is 0 Å². The second-order valence-electron chi connectivity index (χ2n) is 5.16. The number of carbonyl (C=O) groups is 4. The first-order valence-electron chi connectivity index (χ1n) is 8.30. The SMILES string of the molecule is COC(=O)C1=C(C(=O)OC)SC(=CC#CC#CC=C2SC(C(=O)OC)=C(C(=O)OC)S2)S1. The molecule has 0 aromatic rings. The highest BCUT2D eigenvalue weighted by molar-refractivity contribution is 8.29. The monoisotopic (exact) mass is 510 g/mol. The van der Waals surface area contributed by atoms with E-state index in [4.69, 9.17) is 0 Å². The van der Waals surface area contributed by atoms with Gasteiger partial charge in [-0.1, -0.05) is 58.9 Å². The summed E-state index contributed by atoms with van der Waals surface area (Å²) in [4.78, 5) is 47.8. The molecule has 2 rings (SSSR count). The lowest BCUT2D eigenvalue weighted by Gasteiger charge is -2.00. The zero-order valence-corrected chi connectivity index (χ0v) is 20.3. The second kappa shape index (κ2) is 12.4. The maximum atomic E-state index is 11.8. The van der Waals surface area contributed by atoms with Gasteiger partial charge in [0.2, 0.25) is 0 Å². The molecule has 0 saturated heterocycles. The van der Waals surface area contributed by atoms with Crippen molar-refractivity contribution < 1.29 is 38.1 Å². The van der Waals surface area contributed by atoms with Crippen molar-refractivity contribution in [2.45, 2.75) is 0 Å². The van der Waals surface area contributed by atoms with Gasteiger partial charge in [0.25, 0.3) is 0 Å². The Hall–Kier alpha value is -2.64. The molecular weight excluding hydrogens is 496 g/mol. The van der Waals surface area contributed by atoms with Crippen LogP contribution in [0, 0.1) is 23.7 Å². The molecule has 0 aliphatic carbocycles. The van der Waals surface area contributed by atoms with Gasteiger partial charge in [-0.25, -0.2) is 19.2 Å². The number of hydrogen-bond acceptors (Lipinski definition) is 12. The molecule has 0 fully saturated rings. The molecule has 32 heavy (non-hydrogen) atoms. The first-order chi connectivity index (χ1) is 15.4. The van der Waals surface area contributed by atoms with Crippen LogP contribution in [0.25, 0.3) is 0 Å². The summed E-state index contributed by atoms with van der Waals surface area (Å²) in [6.07, 6.45) is 3.03. The molecule has 12 heteroatoms. The van der Waals surface area contributed by atoms with Gasteiger partial charge < -0.3 is 18.9 Å². The molecular formula is C20H14O8S4. The molecule has 0 unspecified atom stereocenters. The van der Waals surface area contributed by atoms with Gasteiger partial charge in [-0.05, 0) is 11.8 Å². The summed E-state index contributed by atoms with van der Waals surface area (Å²) >= 11 is 4.22. The minimum atomic E-state index is -0.636. The highest BCUT2D eigenvalue weighted by Crippen LogP contribution is 2.50. The zero-order chi connectivity index (χ0) is 23.7. The average molecular weight is 511 g/mol. The highest BCUT2D eigenvalue weighted by Gasteiger charge is 2.33. The molecule has 0 N–H and O–H groups in total. The molecule has 0 atom stereocenters. The third-order valence-corrected chi connectivity index (χ3v) is 8.13. The van der Waals surface area contributed by atoms with Crippen LogP contribution in [0.5, 0.6) is 0 Å². The number of rotatable bonds is 4. The molecule has 2 aliphatic rings. The molecule has 0 spiro atoms. The van der Waals surface area contributed by atoms with Crippen molar-refractivity contribution in [2.24, 2.45) is 0 Å². The van der Waals surface area contributed by atoms with Crippen molar-refractivity contribution in [2.75, 3.05) is 28.4 Å². The van der Waals surface area contributed by atoms with E-state index in [0.717, 1.165) is 47.0 Å². The van der Waals surface area contributed by atoms with E-state index in [2.05, 4.69) is 42.6 Å². The van der Waals surface area contributed by atoms with Crippen LogP contribution in [0.3, 0.4) is 0 Å². The van der Waals surface area contributed by atoms with Crippen molar-refractivity contribution >= 4 is 70.9 Å². The predicted molar refractivity (Wildman–Crippen MR) is 124 cm³/mol. The van der Waals surface area contributed by atoms with E-state index < -0.39 is 23.9 Å². The first kappa shape index (κ1) is 25.6. The van der Waals surface area contributed by atoms with Crippen LogP contribution in [-0.2, 0) is 38.1 Å². The summed E-state index contributed by atoms with van der Waals surface area (Å²) in [5.41, 5.74) is 0. The summed E-state index contributed by atoms with van der Waals surface area (Å²) in [5.74, 6) is 8.13. The Bertz CT molecular complexity index is 958. The molecule has 0 aromatic carbocycles. The van der Waals surface area contributed by atoms with E-state index in [9.17, 15) is 19.2 Å². The van der Waals surface area contributed by atoms with Gasteiger partial charge in [-0.15, -0.1) is 0 Å². The second-order valence-corrected chi connectivity index (χ2v) is 9.88. The normalized spacial score (nSPS) is 14.6. The van der Waals surface area contributed by atoms with Crippen LogP contribution in [0.4, 0.5) is 0 Å². The smallest absolute Gasteiger partial charge is 0.346 e. The highest BCUT2D eigenvalue weighted by atomic mass is 32.2. The van der Waals surface area contributed by atoms with Gasteiger partial charge in [0.15, 0.2) is 0 Å². The molecule has 0 bridgehead atoms. The Labute approximate surface area is 200 Å². The average Bonchev–Trinajstić information content (AvgIpc) is 3.44. The maximum Gasteiger partial charge on any atom is 0.346 e. The van der Waals surface area contributed by atoms with Crippen LogP contribution in [0.2, 0.25) is 0 Å². The number of carbonyl (C=O) groups excluding carboxylic acids is 4. The fourth-order valence-corrected chi connectivity index (χ4v) is 6.40. The lowest BCUT2D eigenvalue weighted by molar-refractivity contribution is -0.138. The van der Waals surface area contributed by atoms with E-state index in [1.165, 1.54) is 40.6 Å². The van der Waals surface area contributed by atoms with Crippen LogP contribution in [-0.4, -0.2) is 52.3 Å². The van der Waals surface area contributed by atoms with E-state index in [0.29, 0.717) is 8.47 Å². The van der Waals surface area contributed by atoms with Crippen molar-refractivity contribution in [3.05, 3.63) is 40.2 Å². The van der Waals surface area contributed by atoms with Gasteiger partial charge in [0.1, 0.15) is 19.6 Å². The van der Waals surface area contributed by atoms with Crippen molar-refractivity contribution in [3.63, 3.8) is 0 Å². The standard InChI is InChI=1S/C20H14O8S4/c1-25-17(21)13-14(18(22)26-2)30-11(29-13)9-7-5-6-8-10-12-31-15(19(23)27-3)16(32-12)20(24)28-4/h9-10H,1-4H3. The van der Waals surface area contributed by atoms with Crippen LogP contribution < -0.4 is 0 Å². The van der Waals surface area contributed by atoms with Gasteiger partial charge >= 0.3 is 23.9 Å². The summed E-state index contributed by atoms with van der Waals surface area (Å²) in [6, 6.07) is 0. The van der Waals surface area contributed by atoms with Crippen molar-refractivity contribution in [3.8, 4) is 23.7 Å². The third kappa shape index (κ3) is 6.43. The molecule has 0 amide bonds. The molecule has 166 valence electrons. The number of esters is 4. The minimum Gasteiger partial charge on any atom is -0.465 e. The van der Waals surface area contributed by atoms with Gasteiger partial charge in [0.05, 0.1) is 36.9 Å². The fraction of sp³-hybridized carbons (Fsp3) is 0.200. The fourth-order valence-electron chi connectivity index (χ4n) is 1.92. The lowest BCUT2D eigenvalue weighted by atomic mass is 10.5.